The van der Waals surface area contributed by atoms with E-state index in [4.69, 9.17) is 16.6 Å². The zero-order valence-corrected chi connectivity index (χ0v) is 9.46. The van der Waals surface area contributed by atoms with Crippen molar-refractivity contribution >= 4 is 17.7 Å². The molecule has 0 aliphatic rings. The second kappa shape index (κ2) is 5.31. The summed E-state index contributed by atoms with van der Waals surface area (Å²) in [4.78, 5) is 22.7. The van der Waals surface area contributed by atoms with Gasteiger partial charge in [-0.3, -0.25) is 9.69 Å². The van der Waals surface area contributed by atoms with Crippen LogP contribution in [0.5, 0.6) is 0 Å². The minimum absolute atomic E-state index is 0.134. The molecule has 92 valence electrons. The van der Waals surface area contributed by atoms with Crippen molar-refractivity contribution in [1.29, 1.82) is 0 Å². The van der Waals surface area contributed by atoms with Gasteiger partial charge in [-0.15, -0.1) is 0 Å². The first-order valence-corrected chi connectivity index (χ1v) is 5.02. The van der Waals surface area contributed by atoms with Crippen LogP contribution >= 0.6 is 0 Å². The van der Waals surface area contributed by atoms with Crippen molar-refractivity contribution < 1.29 is 14.7 Å². The third kappa shape index (κ3) is 3.46. The highest BCUT2D eigenvalue weighted by atomic mass is 16.4. The molecule has 17 heavy (non-hydrogen) atoms. The van der Waals surface area contributed by atoms with Crippen molar-refractivity contribution in [3.8, 4) is 0 Å². The number of rotatable bonds is 4. The van der Waals surface area contributed by atoms with Crippen LogP contribution in [0.2, 0.25) is 0 Å². The van der Waals surface area contributed by atoms with Crippen LogP contribution in [0, 0.1) is 0 Å². The maximum absolute atomic E-state index is 10.9. The van der Waals surface area contributed by atoms with Crippen molar-refractivity contribution in [3.05, 3.63) is 29.8 Å². The minimum atomic E-state index is -0.948. The first kappa shape index (κ1) is 13.0. The van der Waals surface area contributed by atoms with Crippen LogP contribution in [0.4, 0.5) is 10.5 Å². The second-order valence-corrected chi connectivity index (χ2v) is 3.69. The molecule has 0 aromatic heterocycles. The molecule has 5 N–H and O–H groups in total. The standard InChI is InChI=1S/C11H15N3O3/c1-14(11(13)17)8-4-2-7(3-5-8)9(12)6-10(15)16/h2-5,9H,6,12H2,1H3,(H2,13,17)(H,15,16). The van der Waals surface area contributed by atoms with E-state index in [0.29, 0.717) is 11.3 Å². The lowest BCUT2D eigenvalue weighted by molar-refractivity contribution is -0.137. The van der Waals surface area contributed by atoms with Crippen LogP contribution in [-0.4, -0.2) is 24.2 Å². The van der Waals surface area contributed by atoms with Gasteiger partial charge in [0.2, 0.25) is 0 Å². The Bertz CT molecular complexity index is 416. The Kier molecular flexibility index (Phi) is 4.06. The fraction of sp³-hybridized carbons (Fsp3) is 0.273. The summed E-state index contributed by atoms with van der Waals surface area (Å²) in [6.45, 7) is 0. The van der Waals surface area contributed by atoms with Crippen LogP contribution in [0.15, 0.2) is 24.3 Å². The highest BCUT2D eigenvalue weighted by Gasteiger charge is 2.11. The number of primary amides is 1. The number of amides is 2. The lowest BCUT2D eigenvalue weighted by Gasteiger charge is -2.16. The molecule has 6 heteroatoms. The second-order valence-electron chi connectivity index (χ2n) is 3.69. The number of aliphatic carboxylic acids is 1. The van der Waals surface area contributed by atoms with Gasteiger partial charge in [0.1, 0.15) is 0 Å². The molecular weight excluding hydrogens is 222 g/mol. The van der Waals surface area contributed by atoms with Gasteiger partial charge >= 0.3 is 12.0 Å². The van der Waals surface area contributed by atoms with E-state index in [-0.39, 0.29) is 6.42 Å². The van der Waals surface area contributed by atoms with E-state index < -0.39 is 18.0 Å². The molecule has 1 unspecified atom stereocenters. The first-order valence-electron chi connectivity index (χ1n) is 5.02. The van der Waals surface area contributed by atoms with Gasteiger partial charge in [-0.25, -0.2) is 4.79 Å². The molecule has 0 spiro atoms. The Labute approximate surface area is 98.8 Å². The van der Waals surface area contributed by atoms with E-state index in [2.05, 4.69) is 0 Å². The Morgan fingerprint density at radius 1 is 1.35 bits per heavy atom. The van der Waals surface area contributed by atoms with Gasteiger partial charge in [0.15, 0.2) is 0 Å². The zero-order chi connectivity index (χ0) is 13.0. The summed E-state index contributed by atoms with van der Waals surface area (Å²) in [7, 11) is 1.55. The number of nitrogens with zero attached hydrogens (tertiary/aromatic N) is 1. The van der Waals surface area contributed by atoms with Gasteiger partial charge < -0.3 is 16.6 Å². The van der Waals surface area contributed by atoms with Crippen LogP contribution in [-0.2, 0) is 4.79 Å². The van der Waals surface area contributed by atoms with Crippen LogP contribution in [0.1, 0.15) is 18.0 Å². The molecule has 0 saturated carbocycles. The number of carboxylic acid groups (broad SMARTS) is 1. The van der Waals surface area contributed by atoms with E-state index >= 15 is 0 Å². The van der Waals surface area contributed by atoms with Crippen molar-refractivity contribution in [1.82, 2.24) is 0 Å². The van der Waals surface area contributed by atoms with Gasteiger partial charge in [0, 0.05) is 18.8 Å². The quantitative estimate of drug-likeness (QED) is 0.715. The molecule has 1 atom stereocenters. The molecule has 1 aromatic rings. The Morgan fingerprint density at radius 2 is 1.88 bits per heavy atom. The average molecular weight is 237 g/mol. The Balaban J connectivity index is 2.80. The monoisotopic (exact) mass is 237 g/mol. The fourth-order valence-corrected chi connectivity index (χ4v) is 1.38. The van der Waals surface area contributed by atoms with E-state index in [9.17, 15) is 9.59 Å². The number of carboxylic acids is 1. The molecule has 0 aliphatic heterocycles. The fourth-order valence-electron chi connectivity index (χ4n) is 1.38. The van der Waals surface area contributed by atoms with Crippen LogP contribution in [0.25, 0.3) is 0 Å². The molecule has 0 bridgehead atoms. The predicted octanol–water partition coefficient (Wildman–Crippen LogP) is 0.676. The highest BCUT2D eigenvalue weighted by Crippen LogP contribution is 2.19. The van der Waals surface area contributed by atoms with Gasteiger partial charge in [0.25, 0.3) is 0 Å². The molecule has 0 heterocycles. The number of hydrogen-bond acceptors (Lipinski definition) is 3. The zero-order valence-electron chi connectivity index (χ0n) is 9.46. The lowest BCUT2D eigenvalue weighted by atomic mass is 10.0. The van der Waals surface area contributed by atoms with Gasteiger partial charge in [-0.2, -0.15) is 0 Å². The van der Waals surface area contributed by atoms with E-state index in [1.54, 1.807) is 31.3 Å². The summed E-state index contributed by atoms with van der Waals surface area (Å²) in [5.41, 5.74) is 12.1. The van der Waals surface area contributed by atoms with Crippen molar-refractivity contribution in [2.24, 2.45) is 11.5 Å². The van der Waals surface area contributed by atoms with Gasteiger partial charge in [0.05, 0.1) is 6.42 Å². The van der Waals surface area contributed by atoms with Crippen molar-refractivity contribution in [2.45, 2.75) is 12.5 Å². The summed E-state index contributed by atoms with van der Waals surface area (Å²) >= 11 is 0. The Morgan fingerprint density at radius 3 is 2.29 bits per heavy atom. The molecular formula is C11H15N3O3. The number of carbonyl (C=O) groups excluding carboxylic acids is 1. The maximum atomic E-state index is 10.9. The number of benzene rings is 1. The largest absolute Gasteiger partial charge is 0.481 e. The molecule has 2 amide bonds. The molecule has 0 saturated heterocycles. The topological polar surface area (TPSA) is 110 Å². The van der Waals surface area contributed by atoms with Crippen LogP contribution < -0.4 is 16.4 Å². The number of hydrogen-bond donors (Lipinski definition) is 3. The van der Waals surface area contributed by atoms with Gasteiger partial charge in [-0.1, -0.05) is 12.1 Å². The first-order chi connectivity index (χ1) is 7.91. The average Bonchev–Trinajstić information content (AvgIpc) is 2.27. The van der Waals surface area contributed by atoms with Crippen molar-refractivity contribution in [3.63, 3.8) is 0 Å². The number of carbonyl (C=O) groups is 2. The summed E-state index contributed by atoms with van der Waals surface area (Å²) < 4.78 is 0. The summed E-state index contributed by atoms with van der Waals surface area (Å²) in [6.07, 6.45) is -0.134. The molecule has 0 aliphatic carbocycles. The predicted molar refractivity (Wildman–Crippen MR) is 63.6 cm³/mol. The maximum Gasteiger partial charge on any atom is 0.318 e. The number of anilines is 1. The summed E-state index contributed by atoms with van der Waals surface area (Å²) in [5.74, 6) is -0.948. The van der Waals surface area contributed by atoms with Gasteiger partial charge in [-0.05, 0) is 17.7 Å². The molecule has 0 radical (unpaired) electrons. The molecule has 1 aromatic carbocycles. The third-order valence-corrected chi connectivity index (χ3v) is 2.43. The normalized spacial score (nSPS) is 11.9. The lowest BCUT2D eigenvalue weighted by Crippen LogP contribution is -2.31. The summed E-state index contributed by atoms with van der Waals surface area (Å²) in [6, 6.07) is 5.59. The Hall–Kier alpha value is -2.08. The molecule has 0 fully saturated rings. The number of nitrogens with two attached hydrogens (primary N) is 2. The van der Waals surface area contributed by atoms with E-state index in [0.717, 1.165) is 0 Å². The smallest absolute Gasteiger partial charge is 0.318 e. The SMILES string of the molecule is CN(C(N)=O)c1ccc(C(N)CC(=O)O)cc1. The molecule has 6 nitrogen and oxygen atoms in total. The molecule has 1 rings (SSSR count). The number of urea groups is 1. The summed E-state index contributed by atoms with van der Waals surface area (Å²) in [5, 5.41) is 8.61. The highest BCUT2D eigenvalue weighted by molar-refractivity contribution is 5.89. The van der Waals surface area contributed by atoms with Crippen molar-refractivity contribution in [2.75, 3.05) is 11.9 Å². The van der Waals surface area contributed by atoms with E-state index in [1.807, 2.05) is 0 Å². The van der Waals surface area contributed by atoms with Crippen LogP contribution in [0.3, 0.4) is 0 Å². The minimum Gasteiger partial charge on any atom is -0.481 e. The van der Waals surface area contributed by atoms with E-state index in [1.165, 1.54) is 4.90 Å². The third-order valence-electron chi connectivity index (χ3n) is 2.43.